The van der Waals surface area contributed by atoms with Crippen LogP contribution in [-0.2, 0) is 4.79 Å². The Morgan fingerprint density at radius 3 is 2.62 bits per heavy atom. The molecule has 0 aromatic heterocycles. The summed E-state index contributed by atoms with van der Waals surface area (Å²) in [6.45, 7) is 5.28. The van der Waals surface area contributed by atoms with Crippen LogP contribution in [0.5, 0.6) is 0 Å². The molecule has 0 aliphatic rings. The lowest BCUT2D eigenvalue weighted by atomic mass is 10.0. The third kappa shape index (κ3) is 2.51. The van der Waals surface area contributed by atoms with E-state index in [1.165, 1.54) is 0 Å². The number of carbonyl (C=O) groups is 1. The summed E-state index contributed by atoms with van der Waals surface area (Å²) in [5.74, 6) is -0.460. The molecule has 0 fully saturated rings. The van der Waals surface area contributed by atoms with Crippen molar-refractivity contribution >= 4 is 11.6 Å². The largest absolute Gasteiger partial charge is 0.371 e. The molecule has 0 saturated carbocycles. The first-order chi connectivity index (χ1) is 7.36. The maximum atomic E-state index is 11.2. The summed E-state index contributed by atoms with van der Waals surface area (Å²) in [5.41, 5.74) is 6.53. The van der Waals surface area contributed by atoms with Crippen LogP contribution in [0.3, 0.4) is 0 Å². The van der Waals surface area contributed by atoms with Gasteiger partial charge in [-0.15, -0.1) is 0 Å². The number of amides is 1. The van der Waals surface area contributed by atoms with Crippen molar-refractivity contribution < 1.29 is 4.79 Å². The van der Waals surface area contributed by atoms with E-state index in [-0.39, 0.29) is 0 Å². The molecule has 16 heavy (non-hydrogen) atoms. The first kappa shape index (κ1) is 12.1. The number of rotatable bonds is 3. The summed E-state index contributed by atoms with van der Waals surface area (Å²) in [6, 6.07) is 7.46. The number of hydrogen-bond acceptors (Lipinski definition) is 3. The van der Waals surface area contributed by atoms with E-state index in [0.29, 0.717) is 11.3 Å². The van der Waals surface area contributed by atoms with Crippen LogP contribution >= 0.6 is 0 Å². The molecule has 0 radical (unpaired) electrons. The molecule has 0 atom stereocenters. The molecule has 0 saturated heterocycles. The van der Waals surface area contributed by atoms with E-state index < -0.39 is 11.4 Å². The maximum absolute atomic E-state index is 11.2. The van der Waals surface area contributed by atoms with Gasteiger partial charge in [0.15, 0.2) is 0 Å². The Balaban J connectivity index is 3.10. The molecule has 1 rings (SSSR count). The molecule has 1 aromatic rings. The van der Waals surface area contributed by atoms with E-state index in [9.17, 15) is 4.79 Å². The zero-order valence-electron chi connectivity index (χ0n) is 9.66. The molecule has 0 spiro atoms. The Morgan fingerprint density at radius 2 is 2.12 bits per heavy atom. The number of benzene rings is 1. The second-order valence-electron chi connectivity index (χ2n) is 4.28. The Bertz CT molecular complexity index is 458. The third-order valence-electron chi connectivity index (χ3n) is 2.36. The summed E-state index contributed by atoms with van der Waals surface area (Å²) < 4.78 is 0. The zero-order chi connectivity index (χ0) is 12.3. The van der Waals surface area contributed by atoms with E-state index in [1.807, 2.05) is 19.1 Å². The smallest absolute Gasteiger partial charge is 0.242 e. The molecular formula is C12H15N3O. The van der Waals surface area contributed by atoms with E-state index in [1.54, 1.807) is 19.9 Å². The Kier molecular flexibility index (Phi) is 3.19. The molecule has 1 amide bonds. The quantitative estimate of drug-likeness (QED) is 0.806. The first-order valence-electron chi connectivity index (χ1n) is 4.95. The predicted octanol–water partition coefficient (Wildman–Crippen LogP) is 1.54. The minimum absolute atomic E-state index is 0.460. The summed E-state index contributed by atoms with van der Waals surface area (Å²) in [6.07, 6.45) is 0. The summed E-state index contributed by atoms with van der Waals surface area (Å²) in [5, 5.41) is 11.9. The molecule has 0 aliphatic heterocycles. The Morgan fingerprint density at radius 1 is 1.50 bits per heavy atom. The lowest BCUT2D eigenvalue weighted by molar-refractivity contribution is -0.121. The van der Waals surface area contributed by atoms with Crippen LogP contribution in [-0.4, -0.2) is 11.4 Å². The van der Waals surface area contributed by atoms with Gasteiger partial charge < -0.3 is 11.1 Å². The fourth-order valence-electron chi connectivity index (χ4n) is 1.26. The second kappa shape index (κ2) is 4.23. The molecule has 0 aliphatic carbocycles. The van der Waals surface area contributed by atoms with Crippen LogP contribution in [0.25, 0.3) is 0 Å². The standard InChI is InChI=1S/C12H15N3O/c1-8-4-5-9(7-13)10(6-8)15-12(2,3)11(14)16/h4-6,15H,1-3H3,(H2,14,16). The Labute approximate surface area is 95.1 Å². The van der Waals surface area contributed by atoms with Crippen molar-refractivity contribution in [2.75, 3.05) is 5.32 Å². The van der Waals surface area contributed by atoms with Gasteiger partial charge in [-0.3, -0.25) is 4.79 Å². The highest BCUT2D eigenvalue weighted by Crippen LogP contribution is 2.20. The number of aryl methyl sites for hydroxylation is 1. The minimum atomic E-state index is -0.876. The zero-order valence-corrected chi connectivity index (χ0v) is 9.66. The van der Waals surface area contributed by atoms with Gasteiger partial charge in [-0.1, -0.05) is 6.07 Å². The topological polar surface area (TPSA) is 78.9 Å². The fraction of sp³-hybridized carbons (Fsp3) is 0.333. The van der Waals surface area contributed by atoms with Crippen molar-refractivity contribution in [3.8, 4) is 6.07 Å². The predicted molar refractivity (Wildman–Crippen MR) is 62.8 cm³/mol. The average Bonchev–Trinajstić information content (AvgIpc) is 2.17. The minimum Gasteiger partial charge on any atom is -0.371 e. The molecule has 0 heterocycles. The Hall–Kier alpha value is -2.02. The van der Waals surface area contributed by atoms with Crippen LogP contribution < -0.4 is 11.1 Å². The van der Waals surface area contributed by atoms with Gasteiger partial charge in [0.2, 0.25) is 5.91 Å². The van der Waals surface area contributed by atoms with Gasteiger partial charge in [0.25, 0.3) is 0 Å². The number of anilines is 1. The van der Waals surface area contributed by atoms with Crippen molar-refractivity contribution in [2.45, 2.75) is 26.3 Å². The van der Waals surface area contributed by atoms with Gasteiger partial charge in [0.05, 0.1) is 11.3 Å². The highest BCUT2D eigenvalue weighted by Gasteiger charge is 2.25. The number of nitrogens with two attached hydrogens (primary N) is 1. The van der Waals surface area contributed by atoms with Crippen LogP contribution in [0.1, 0.15) is 25.0 Å². The molecule has 4 nitrogen and oxygen atoms in total. The molecular weight excluding hydrogens is 202 g/mol. The molecule has 3 N–H and O–H groups in total. The molecule has 0 bridgehead atoms. The second-order valence-corrected chi connectivity index (χ2v) is 4.28. The maximum Gasteiger partial charge on any atom is 0.242 e. The van der Waals surface area contributed by atoms with Crippen LogP contribution in [0.2, 0.25) is 0 Å². The van der Waals surface area contributed by atoms with E-state index >= 15 is 0 Å². The number of primary amides is 1. The van der Waals surface area contributed by atoms with Gasteiger partial charge >= 0.3 is 0 Å². The number of carbonyl (C=O) groups excluding carboxylic acids is 1. The van der Waals surface area contributed by atoms with Crippen molar-refractivity contribution in [3.63, 3.8) is 0 Å². The molecule has 4 heteroatoms. The highest BCUT2D eigenvalue weighted by molar-refractivity contribution is 5.87. The molecule has 0 unspecified atom stereocenters. The fourth-order valence-corrected chi connectivity index (χ4v) is 1.26. The monoisotopic (exact) mass is 217 g/mol. The van der Waals surface area contributed by atoms with Gasteiger partial charge in [-0.25, -0.2) is 0 Å². The van der Waals surface area contributed by atoms with E-state index in [2.05, 4.69) is 11.4 Å². The summed E-state index contributed by atoms with van der Waals surface area (Å²) in [4.78, 5) is 11.2. The van der Waals surface area contributed by atoms with Gasteiger partial charge in [0.1, 0.15) is 11.6 Å². The van der Waals surface area contributed by atoms with Crippen molar-refractivity contribution in [3.05, 3.63) is 29.3 Å². The van der Waals surface area contributed by atoms with Crippen molar-refractivity contribution in [1.29, 1.82) is 5.26 Å². The number of nitriles is 1. The first-order valence-corrected chi connectivity index (χ1v) is 4.95. The van der Waals surface area contributed by atoms with Crippen LogP contribution in [0, 0.1) is 18.3 Å². The highest BCUT2D eigenvalue weighted by atomic mass is 16.1. The molecule has 84 valence electrons. The number of nitrogens with one attached hydrogen (secondary N) is 1. The number of nitrogens with zero attached hydrogens (tertiary/aromatic N) is 1. The summed E-state index contributed by atoms with van der Waals surface area (Å²) >= 11 is 0. The normalized spacial score (nSPS) is 10.6. The van der Waals surface area contributed by atoms with E-state index in [0.717, 1.165) is 5.56 Å². The average molecular weight is 217 g/mol. The van der Waals surface area contributed by atoms with Gasteiger partial charge in [0, 0.05) is 0 Å². The summed E-state index contributed by atoms with van der Waals surface area (Å²) in [7, 11) is 0. The van der Waals surface area contributed by atoms with Crippen LogP contribution in [0.4, 0.5) is 5.69 Å². The third-order valence-corrected chi connectivity index (χ3v) is 2.36. The number of hydrogen-bond donors (Lipinski definition) is 2. The van der Waals surface area contributed by atoms with Crippen LogP contribution in [0.15, 0.2) is 18.2 Å². The van der Waals surface area contributed by atoms with Crippen molar-refractivity contribution in [1.82, 2.24) is 0 Å². The SMILES string of the molecule is Cc1ccc(C#N)c(NC(C)(C)C(N)=O)c1. The van der Waals surface area contributed by atoms with Gasteiger partial charge in [-0.2, -0.15) is 5.26 Å². The lowest BCUT2D eigenvalue weighted by Crippen LogP contribution is -2.45. The van der Waals surface area contributed by atoms with Crippen molar-refractivity contribution in [2.24, 2.45) is 5.73 Å². The van der Waals surface area contributed by atoms with E-state index in [4.69, 9.17) is 11.0 Å². The molecule has 1 aromatic carbocycles. The van der Waals surface area contributed by atoms with Gasteiger partial charge in [-0.05, 0) is 38.5 Å². The lowest BCUT2D eigenvalue weighted by Gasteiger charge is -2.24.